The molecule has 2 aromatic carbocycles. The number of carbonyl (C=O) groups is 2. The number of aliphatic carboxylic acids is 1. The molecule has 0 aliphatic heterocycles. The van der Waals surface area contributed by atoms with Gasteiger partial charge in [-0.1, -0.05) is 67.4 Å². The molecule has 0 bridgehead atoms. The van der Waals surface area contributed by atoms with Gasteiger partial charge in [0.05, 0.1) is 0 Å². The molecule has 8 nitrogen and oxygen atoms in total. The number of aromatic nitrogens is 2. The van der Waals surface area contributed by atoms with Crippen LogP contribution >= 0.6 is 0 Å². The van der Waals surface area contributed by atoms with Gasteiger partial charge in [0.2, 0.25) is 0 Å². The number of imidazole rings is 1. The van der Waals surface area contributed by atoms with Crippen LogP contribution in [0.3, 0.4) is 0 Å². The zero-order valence-electron chi connectivity index (χ0n) is 20.1. The zero-order valence-corrected chi connectivity index (χ0v) is 20.1. The lowest BCUT2D eigenvalue weighted by molar-refractivity contribution is -0.139. The topological polar surface area (TPSA) is 105 Å². The highest BCUT2D eigenvalue weighted by molar-refractivity contribution is 5.84. The second kappa shape index (κ2) is 11.2. The van der Waals surface area contributed by atoms with Crippen molar-refractivity contribution >= 4 is 17.9 Å². The summed E-state index contributed by atoms with van der Waals surface area (Å²) in [6.07, 6.45) is 4.87. The number of ether oxygens (including phenoxy) is 1. The monoisotopic (exact) mass is 476 g/mol. The fourth-order valence-electron chi connectivity index (χ4n) is 4.02. The van der Waals surface area contributed by atoms with Gasteiger partial charge in [-0.25, -0.2) is 9.78 Å². The van der Waals surface area contributed by atoms with E-state index in [-0.39, 0.29) is 6.10 Å². The van der Waals surface area contributed by atoms with Crippen LogP contribution in [-0.4, -0.2) is 32.8 Å². The molecule has 4 rings (SSSR count). The normalized spacial score (nSPS) is 14.8. The second-order valence-electron chi connectivity index (χ2n) is 9.13. The van der Waals surface area contributed by atoms with Gasteiger partial charge in [-0.3, -0.25) is 10.1 Å². The van der Waals surface area contributed by atoms with Gasteiger partial charge in [0.25, 0.3) is 0 Å². The summed E-state index contributed by atoms with van der Waals surface area (Å²) in [6, 6.07) is 16.8. The lowest BCUT2D eigenvalue weighted by Crippen LogP contribution is -2.36. The van der Waals surface area contributed by atoms with E-state index >= 15 is 0 Å². The molecule has 0 radical (unpaired) electrons. The maximum atomic E-state index is 12.3. The van der Waals surface area contributed by atoms with Crippen LogP contribution in [0.2, 0.25) is 0 Å². The molecule has 1 aromatic heterocycles. The Morgan fingerprint density at radius 3 is 2.51 bits per heavy atom. The Morgan fingerprint density at radius 1 is 1.14 bits per heavy atom. The van der Waals surface area contributed by atoms with E-state index in [2.05, 4.69) is 15.6 Å². The summed E-state index contributed by atoms with van der Waals surface area (Å²) in [5.74, 6) is 1.01. The number of carboxylic acids is 1. The van der Waals surface area contributed by atoms with Gasteiger partial charge in [-0.2, -0.15) is 0 Å². The van der Waals surface area contributed by atoms with Gasteiger partial charge < -0.3 is 19.7 Å². The fourth-order valence-corrected chi connectivity index (χ4v) is 4.02. The Bertz CT molecular complexity index is 1140. The molecule has 8 heteroatoms. The van der Waals surface area contributed by atoms with E-state index in [0.29, 0.717) is 30.5 Å². The molecule has 3 aromatic rings. The van der Waals surface area contributed by atoms with Crippen molar-refractivity contribution in [2.45, 2.75) is 51.3 Å². The van der Waals surface area contributed by atoms with E-state index in [1.807, 2.05) is 73.1 Å². The molecule has 2 unspecified atom stereocenters. The zero-order chi connectivity index (χ0) is 24.8. The number of anilines is 1. The van der Waals surface area contributed by atoms with Crippen LogP contribution < -0.4 is 10.6 Å². The predicted molar refractivity (Wildman–Crippen MR) is 134 cm³/mol. The highest BCUT2D eigenvalue weighted by atomic mass is 16.6. The van der Waals surface area contributed by atoms with E-state index < -0.39 is 18.1 Å². The lowest BCUT2D eigenvalue weighted by atomic mass is 10.1. The number of aryl methyl sites for hydroxylation is 1. The summed E-state index contributed by atoms with van der Waals surface area (Å²) >= 11 is 0. The Morgan fingerprint density at radius 2 is 1.86 bits per heavy atom. The lowest BCUT2D eigenvalue weighted by Gasteiger charge is -2.14. The van der Waals surface area contributed by atoms with Crippen molar-refractivity contribution in [2.75, 3.05) is 5.32 Å². The van der Waals surface area contributed by atoms with Gasteiger partial charge in [-0.05, 0) is 36.8 Å². The Balaban J connectivity index is 1.32. The van der Waals surface area contributed by atoms with E-state index in [9.17, 15) is 14.7 Å². The molecule has 1 saturated carbocycles. The number of amides is 1. The van der Waals surface area contributed by atoms with Gasteiger partial charge in [-0.15, -0.1) is 0 Å². The summed E-state index contributed by atoms with van der Waals surface area (Å²) in [4.78, 5) is 28.4. The molecule has 3 N–H and O–H groups in total. The molecule has 2 atom stereocenters. The van der Waals surface area contributed by atoms with Crippen LogP contribution in [0, 0.1) is 5.92 Å². The van der Waals surface area contributed by atoms with Crippen LogP contribution in [0.1, 0.15) is 49.8 Å². The van der Waals surface area contributed by atoms with Crippen LogP contribution in [0.4, 0.5) is 10.6 Å². The van der Waals surface area contributed by atoms with Crippen LogP contribution in [0.5, 0.6) is 0 Å². The highest BCUT2D eigenvalue weighted by Crippen LogP contribution is 2.34. The summed E-state index contributed by atoms with van der Waals surface area (Å²) in [5, 5.41) is 15.3. The quantitative estimate of drug-likeness (QED) is 0.354. The maximum absolute atomic E-state index is 12.3. The molecular formula is C27H32N4O4. The molecule has 0 spiro atoms. The van der Waals surface area contributed by atoms with Crippen molar-refractivity contribution in [3.05, 3.63) is 71.9 Å². The van der Waals surface area contributed by atoms with E-state index in [1.165, 1.54) is 12.8 Å². The summed E-state index contributed by atoms with van der Waals surface area (Å²) in [6.45, 7) is 2.31. The molecule has 35 heavy (non-hydrogen) atoms. The first-order chi connectivity index (χ1) is 16.9. The second-order valence-corrected chi connectivity index (χ2v) is 9.13. The molecular weight excluding hydrogens is 444 g/mol. The van der Waals surface area contributed by atoms with Crippen molar-refractivity contribution in [3.8, 4) is 11.4 Å². The number of carbonyl (C=O) groups excluding carboxylic acids is 1. The largest absolute Gasteiger partial charge is 0.480 e. The molecule has 1 aliphatic rings. The number of rotatable bonds is 11. The third-order valence-electron chi connectivity index (χ3n) is 6.28. The maximum Gasteiger partial charge on any atom is 0.413 e. The van der Waals surface area contributed by atoms with Crippen molar-refractivity contribution in [1.82, 2.24) is 14.9 Å². The third kappa shape index (κ3) is 6.93. The van der Waals surface area contributed by atoms with Crippen molar-refractivity contribution in [1.29, 1.82) is 0 Å². The SMILES string of the molecule is CC(OC(=O)Nc1cn(C)c(-c2ccc(CNC(CCC3CC3)C(=O)O)cc2)n1)c1ccccc1. The van der Waals surface area contributed by atoms with E-state index in [1.54, 1.807) is 6.20 Å². The first-order valence-electron chi connectivity index (χ1n) is 12.0. The summed E-state index contributed by atoms with van der Waals surface area (Å²) in [7, 11) is 1.86. The van der Waals surface area contributed by atoms with Crippen molar-refractivity contribution in [2.24, 2.45) is 13.0 Å². The molecule has 1 aliphatic carbocycles. The van der Waals surface area contributed by atoms with Gasteiger partial charge in [0.1, 0.15) is 18.0 Å². The fraction of sp³-hybridized carbons (Fsp3) is 0.370. The summed E-state index contributed by atoms with van der Waals surface area (Å²) < 4.78 is 7.29. The number of nitrogens with one attached hydrogen (secondary N) is 2. The minimum absolute atomic E-state index is 0.380. The Labute approximate surface area is 205 Å². The van der Waals surface area contributed by atoms with E-state index in [4.69, 9.17) is 4.74 Å². The number of hydrogen-bond acceptors (Lipinski definition) is 5. The first-order valence-corrected chi connectivity index (χ1v) is 12.0. The Hall–Kier alpha value is -3.65. The first kappa shape index (κ1) is 24.5. The van der Waals surface area contributed by atoms with Crippen molar-refractivity contribution < 1.29 is 19.4 Å². The smallest absolute Gasteiger partial charge is 0.413 e. The predicted octanol–water partition coefficient (Wildman–Crippen LogP) is 5.13. The van der Waals surface area contributed by atoms with Gasteiger partial charge >= 0.3 is 12.1 Å². The number of hydrogen-bond donors (Lipinski definition) is 3. The number of benzene rings is 2. The highest BCUT2D eigenvalue weighted by Gasteiger charge is 2.25. The third-order valence-corrected chi connectivity index (χ3v) is 6.28. The summed E-state index contributed by atoms with van der Waals surface area (Å²) in [5.41, 5.74) is 2.80. The molecule has 1 heterocycles. The minimum atomic E-state index is -0.799. The molecule has 1 fully saturated rings. The van der Waals surface area contributed by atoms with Crippen molar-refractivity contribution in [3.63, 3.8) is 0 Å². The number of carboxylic acid groups (broad SMARTS) is 1. The van der Waals surface area contributed by atoms with E-state index in [0.717, 1.165) is 23.1 Å². The average Bonchev–Trinajstić information content (AvgIpc) is 3.60. The minimum Gasteiger partial charge on any atom is -0.480 e. The van der Waals surface area contributed by atoms with Crippen LogP contribution in [-0.2, 0) is 23.1 Å². The van der Waals surface area contributed by atoms with Gasteiger partial charge in [0.15, 0.2) is 5.82 Å². The van der Waals surface area contributed by atoms with Crippen LogP contribution in [0.15, 0.2) is 60.8 Å². The van der Waals surface area contributed by atoms with Gasteiger partial charge in [0, 0.05) is 25.4 Å². The average molecular weight is 477 g/mol. The molecule has 1 amide bonds. The molecule has 0 saturated heterocycles. The molecule has 184 valence electrons. The number of nitrogens with zero attached hydrogens (tertiary/aromatic N) is 2. The standard InChI is InChI=1S/C27H32N4O4/c1-18(21-6-4-3-5-7-21)35-27(34)30-24-17-31(2)25(29-24)22-13-10-20(11-14-22)16-28-23(26(32)33)15-12-19-8-9-19/h3-7,10-11,13-14,17-19,23,28H,8-9,12,15-16H2,1-2H3,(H,30,34)(H,32,33). The van der Waals surface area contributed by atoms with Crippen LogP contribution in [0.25, 0.3) is 11.4 Å². The Kier molecular flexibility index (Phi) is 7.82.